The maximum atomic E-state index is 4.27. The second-order valence-electron chi connectivity index (χ2n) is 4.32. The summed E-state index contributed by atoms with van der Waals surface area (Å²) < 4.78 is 2.06. The van der Waals surface area contributed by atoms with Crippen molar-refractivity contribution in [1.82, 2.24) is 15.1 Å². The lowest BCUT2D eigenvalue weighted by Crippen LogP contribution is -2.26. The molecule has 1 aliphatic heterocycles. The Morgan fingerprint density at radius 2 is 2.31 bits per heavy atom. The third-order valence-electron chi connectivity index (χ3n) is 3.18. The molecule has 0 aliphatic carbocycles. The standard InChI is InChI=1S/C12H21N3S/c1-2-15-12(3-6-14-15)10-13-9-11-4-7-16-8-5-11/h3,6,11,13H,2,4-5,7-10H2,1H3. The molecule has 0 spiro atoms. The summed E-state index contributed by atoms with van der Waals surface area (Å²) >= 11 is 2.09. The van der Waals surface area contributed by atoms with Crippen LogP contribution in [0.3, 0.4) is 0 Å². The van der Waals surface area contributed by atoms with Gasteiger partial charge in [-0.25, -0.2) is 0 Å². The monoisotopic (exact) mass is 239 g/mol. The van der Waals surface area contributed by atoms with Crippen molar-refractivity contribution in [3.8, 4) is 0 Å². The topological polar surface area (TPSA) is 29.9 Å². The number of hydrogen-bond donors (Lipinski definition) is 1. The van der Waals surface area contributed by atoms with Gasteiger partial charge < -0.3 is 5.32 Å². The van der Waals surface area contributed by atoms with Crippen LogP contribution in [0.5, 0.6) is 0 Å². The van der Waals surface area contributed by atoms with Crippen molar-refractivity contribution in [2.45, 2.75) is 32.9 Å². The van der Waals surface area contributed by atoms with Crippen LogP contribution in [0.15, 0.2) is 12.3 Å². The van der Waals surface area contributed by atoms with E-state index in [-0.39, 0.29) is 0 Å². The fourth-order valence-corrected chi connectivity index (χ4v) is 3.35. The first-order valence-corrected chi connectivity index (χ1v) is 7.34. The number of nitrogens with zero attached hydrogens (tertiary/aromatic N) is 2. The molecule has 0 saturated carbocycles. The van der Waals surface area contributed by atoms with E-state index in [0.29, 0.717) is 0 Å². The Balaban J connectivity index is 1.71. The summed E-state index contributed by atoms with van der Waals surface area (Å²) in [6.07, 6.45) is 4.65. The second kappa shape index (κ2) is 6.30. The summed E-state index contributed by atoms with van der Waals surface area (Å²) in [5.41, 5.74) is 1.30. The summed E-state index contributed by atoms with van der Waals surface area (Å²) in [6, 6.07) is 2.10. The Kier molecular flexibility index (Phi) is 4.72. The number of hydrogen-bond acceptors (Lipinski definition) is 3. The maximum Gasteiger partial charge on any atom is 0.0521 e. The van der Waals surface area contributed by atoms with Crippen molar-refractivity contribution in [3.63, 3.8) is 0 Å². The molecule has 1 saturated heterocycles. The zero-order valence-corrected chi connectivity index (χ0v) is 10.8. The average Bonchev–Trinajstić information content (AvgIpc) is 2.78. The molecular formula is C12H21N3S. The van der Waals surface area contributed by atoms with Crippen LogP contribution in [-0.4, -0.2) is 27.8 Å². The summed E-state index contributed by atoms with van der Waals surface area (Å²) in [6.45, 7) is 5.21. The van der Waals surface area contributed by atoms with Crippen LogP contribution in [0, 0.1) is 5.92 Å². The highest BCUT2D eigenvalue weighted by molar-refractivity contribution is 7.99. The third-order valence-corrected chi connectivity index (χ3v) is 4.23. The van der Waals surface area contributed by atoms with Gasteiger partial charge in [-0.3, -0.25) is 4.68 Å². The van der Waals surface area contributed by atoms with Crippen molar-refractivity contribution in [2.75, 3.05) is 18.1 Å². The minimum Gasteiger partial charge on any atom is -0.311 e. The first-order chi connectivity index (χ1) is 7.90. The minimum atomic E-state index is 0.888. The predicted molar refractivity (Wildman–Crippen MR) is 69.7 cm³/mol. The first kappa shape index (κ1) is 12.0. The van der Waals surface area contributed by atoms with Gasteiger partial charge in [0.05, 0.1) is 5.69 Å². The molecule has 1 aromatic heterocycles. The summed E-state index contributed by atoms with van der Waals surface area (Å²) in [7, 11) is 0. The average molecular weight is 239 g/mol. The molecule has 3 nitrogen and oxygen atoms in total. The van der Waals surface area contributed by atoms with E-state index in [9.17, 15) is 0 Å². The van der Waals surface area contributed by atoms with Crippen LogP contribution in [0.4, 0.5) is 0 Å². The van der Waals surface area contributed by atoms with Gasteiger partial charge in [-0.05, 0) is 49.8 Å². The normalized spacial score (nSPS) is 17.8. The van der Waals surface area contributed by atoms with Crippen LogP contribution >= 0.6 is 11.8 Å². The number of aromatic nitrogens is 2. The third kappa shape index (κ3) is 3.25. The second-order valence-corrected chi connectivity index (χ2v) is 5.55. The number of thioether (sulfide) groups is 1. The molecule has 90 valence electrons. The van der Waals surface area contributed by atoms with E-state index >= 15 is 0 Å². The Morgan fingerprint density at radius 1 is 1.50 bits per heavy atom. The first-order valence-electron chi connectivity index (χ1n) is 6.19. The number of rotatable bonds is 5. The highest BCUT2D eigenvalue weighted by Gasteiger charge is 2.13. The van der Waals surface area contributed by atoms with Gasteiger partial charge in [0.2, 0.25) is 0 Å². The summed E-state index contributed by atoms with van der Waals surface area (Å²) in [5.74, 6) is 3.58. The lowest BCUT2D eigenvalue weighted by atomic mass is 10.0. The highest BCUT2D eigenvalue weighted by Crippen LogP contribution is 2.21. The van der Waals surface area contributed by atoms with Gasteiger partial charge in [-0.1, -0.05) is 0 Å². The van der Waals surface area contributed by atoms with E-state index in [4.69, 9.17) is 0 Å². The lowest BCUT2D eigenvalue weighted by Gasteiger charge is -2.21. The molecule has 0 unspecified atom stereocenters. The molecule has 0 aromatic carbocycles. The van der Waals surface area contributed by atoms with Crippen LogP contribution in [0.1, 0.15) is 25.5 Å². The van der Waals surface area contributed by atoms with E-state index in [0.717, 1.165) is 25.6 Å². The van der Waals surface area contributed by atoms with Gasteiger partial charge in [0, 0.05) is 19.3 Å². The Labute approximate surface area is 102 Å². The molecule has 2 heterocycles. The summed E-state index contributed by atoms with van der Waals surface area (Å²) in [5, 5.41) is 7.84. The van der Waals surface area contributed by atoms with E-state index in [2.05, 4.69) is 39.8 Å². The van der Waals surface area contributed by atoms with Crippen LogP contribution in [0.2, 0.25) is 0 Å². The predicted octanol–water partition coefficient (Wildman–Crippen LogP) is 2.14. The molecule has 1 aromatic rings. The molecule has 16 heavy (non-hydrogen) atoms. The molecule has 0 amide bonds. The smallest absolute Gasteiger partial charge is 0.0521 e. The van der Waals surface area contributed by atoms with E-state index in [1.54, 1.807) is 0 Å². The van der Waals surface area contributed by atoms with Gasteiger partial charge in [0.15, 0.2) is 0 Å². The lowest BCUT2D eigenvalue weighted by molar-refractivity contribution is 0.441. The quantitative estimate of drug-likeness (QED) is 0.854. The zero-order chi connectivity index (χ0) is 11.2. The minimum absolute atomic E-state index is 0.888. The number of nitrogens with one attached hydrogen (secondary N) is 1. The van der Waals surface area contributed by atoms with Crippen molar-refractivity contribution in [2.24, 2.45) is 5.92 Å². The fourth-order valence-electron chi connectivity index (χ4n) is 2.15. The SMILES string of the molecule is CCn1nccc1CNCC1CCSCC1. The van der Waals surface area contributed by atoms with Gasteiger partial charge >= 0.3 is 0 Å². The molecule has 4 heteroatoms. The van der Waals surface area contributed by atoms with Gasteiger partial charge in [0.25, 0.3) is 0 Å². The molecule has 1 N–H and O–H groups in total. The Bertz CT molecular complexity index is 305. The van der Waals surface area contributed by atoms with Gasteiger partial charge in [-0.2, -0.15) is 16.9 Å². The molecule has 0 radical (unpaired) electrons. The Hall–Kier alpha value is -0.480. The van der Waals surface area contributed by atoms with Crippen molar-refractivity contribution in [1.29, 1.82) is 0 Å². The van der Waals surface area contributed by atoms with Crippen molar-refractivity contribution in [3.05, 3.63) is 18.0 Å². The molecule has 1 aliphatic rings. The highest BCUT2D eigenvalue weighted by atomic mass is 32.2. The van der Waals surface area contributed by atoms with E-state index in [1.165, 1.54) is 30.0 Å². The van der Waals surface area contributed by atoms with E-state index < -0.39 is 0 Å². The van der Waals surface area contributed by atoms with Gasteiger partial charge in [-0.15, -0.1) is 0 Å². The number of aryl methyl sites for hydroxylation is 1. The summed E-state index contributed by atoms with van der Waals surface area (Å²) in [4.78, 5) is 0. The van der Waals surface area contributed by atoms with E-state index in [1.807, 2.05) is 6.20 Å². The molecule has 2 rings (SSSR count). The molecule has 1 fully saturated rings. The molecule has 0 atom stereocenters. The van der Waals surface area contributed by atoms with Crippen LogP contribution < -0.4 is 5.32 Å². The fraction of sp³-hybridized carbons (Fsp3) is 0.750. The molecule has 0 bridgehead atoms. The van der Waals surface area contributed by atoms with Crippen molar-refractivity contribution >= 4 is 11.8 Å². The maximum absolute atomic E-state index is 4.27. The van der Waals surface area contributed by atoms with Gasteiger partial charge in [0.1, 0.15) is 0 Å². The zero-order valence-electron chi connectivity index (χ0n) is 9.98. The molecular weight excluding hydrogens is 218 g/mol. The van der Waals surface area contributed by atoms with Crippen molar-refractivity contribution < 1.29 is 0 Å². The van der Waals surface area contributed by atoms with Crippen LogP contribution in [-0.2, 0) is 13.1 Å². The largest absolute Gasteiger partial charge is 0.311 e. The van der Waals surface area contributed by atoms with Crippen LogP contribution in [0.25, 0.3) is 0 Å². The Morgan fingerprint density at radius 3 is 3.06 bits per heavy atom.